The van der Waals surface area contributed by atoms with E-state index in [1.54, 1.807) is 6.92 Å². The molecule has 0 saturated carbocycles. The van der Waals surface area contributed by atoms with Crippen LogP contribution in [0.4, 0.5) is 0 Å². The van der Waals surface area contributed by atoms with Crippen molar-refractivity contribution >= 4 is 5.97 Å². The maximum absolute atomic E-state index is 11.7. The van der Waals surface area contributed by atoms with Crippen molar-refractivity contribution in [2.45, 2.75) is 57.5 Å². The predicted molar refractivity (Wildman–Crippen MR) is 86.2 cm³/mol. The Labute approximate surface area is 129 Å². The number of hydrogen-bond donors (Lipinski definition) is 1. The smallest absolute Gasteiger partial charge is 0.325 e. The van der Waals surface area contributed by atoms with Crippen molar-refractivity contribution in [1.29, 1.82) is 0 Å². The fraction of sp³-hybridized carbons (Fsp3) is 0.938. The highest BCUT2D eigenvalue weighted by molar-refractivity contribution is 5.79. The number of unbranched alkanes of at least 4 members (excludes halogenated alkanes) is 1. The van der Waals surface area contributed by atoms with Gasteiger partial charge in [-0.25, -0.2) is 0 Å². The zero-order valence-electron chi connectivity index (χ0n) is 14.2. The van der Waals surface area contributed by atoms with Crippen LogP contribution in [0.1, 0.15) is 46.0 Å². The van der Waals surface area contributed by atoms with Gasteiger partial charge in [-0.3, -0.25) is 4.79 Å². The molecule has 2 N–H and O–H groups in total. The number of carbonyl (C=O) groups excluding carboxylic acids is 1. The number of piperidine rings is 1. The van der Waals surface area contributed by atoms with Crippen LogP contribution in [0, 0.1) is 0 Å². The first-order valence-corrected chi connectivity index (χ1v) is 8.21. The summed E-state index contributed by atoms with van der Waals surface area (Å²) in [4.78, 5) is 16.6. The van der Waals surface area contributed by atoms with E-state index in [9.17, 15) is 4.79 Å². The summed E-state index contributed by atoms with van der Waals surface area (Å²) in [6, 6.07) is 0.665. The van der Waals surface area contributed by atoms with E-state index in [1.165, 1.54) is 19.4 Å². The van der Waals surface area contributed by atoms with Crippen LogP contribution < -0.4 is 5.73 Å². The predicted octanol–water partition coefficient (Wildman–Crippen LogP) is 1.46. The molecule has 5 nitrogen and oxygen atoms in total. The Hall–Kier alpha value is -0.650. The normalized spacial score (nSPS) is 23.0. The monoisotopic (exact) mass is 299 g/mol. The molecule has 1 rings (SSSR count). The number of esters is 1. The molecule has 0 radical (unpaired) electrons. The molecule has 0 aromatic heterocycles. The first kappa shape index (κ1) is 18.4. The van der Waals surface area contributed by atoms with Gasteiger partial charge in [0.15, 0.2) is 0 Å². The van der Waals surface area contributed by atoms with Crippen LogP contribution in [0.2, 0.25) is 0 Å². The molecule has 124 valence electrons. The van der Waals surface area contributed by atoms with Gasteiger partial charge >= 0.3 is 5.97 Å². The summed E-state index contributed by atoms with van der Waals surface area (Å²) >= 11 is 0. The molecule has 0 aromatic rings. The lowest BCUT2D eigenvalue weighted by Gasteiger charge is -2.36. The number of nitrogens with zero attached hydrogens (tertiary/aromatic N) is 2. The van der Waals surface area contributed by atoms with Gasteiger partial charge in [0.05, 0.1) is 6.61 Å². The van der Waals surface area contributed by atoms with E-state index in [0.29, 0.717) is 19.1 Å². The lowest BCUT2D eigenvalue weighted by Crippen LogP contribution is -2.46. The molecule has 0 bridgehead atoms. The molecule has 0 aromatic carbocycles. The van der Waals surface area contributed by atoms with Gasteiger partial charge in [0.25, 0.3) is 0 Å². The zero-order chi connectivity index (χ0) is 15.9. The summed E-state index contributed by atoms with van der Waals surface area (Å²) in [6.07, 6.45) is 5.29. The van der Waals surface area contributed by atoms with Gasteiger partial charge in [-0.1, -0.05) is 0 Å². The molecule has 0 aliphatic carbocycles. The van der Waals surface area contributed by atoms with E-state index in [4.69, 9.17) is 10.5 Å². The molecule has 2 unspecified atom stereocenters. The average Bonchev–Trinajstić information content (AvgIpc) is 2.43. The highest BCUT2D eigenvalue weighted by Crippen LogP contribution is 2.16. The lowest BCUT2D eigenvalue weighted by atomic mass is 9.96. The fourth-order valence-electron chi connectivity index (χ4n) is 2.93. The van der Waals surface area contributed by atoms with Crippen molar-refractivity contribution in [3.8, 4) is 0 Å². The quantitative estimate of drug-likeness (QED) is 0.543. The third kappa shape index (κ3) is 6.32. The first-order chi connectivity index (χ1) is 9.86. The van der Waals surface area contributed by atoms with Crippen molar-refractivity contribution in [2.24, 2.45) is 5.73 Å². The van der Waals surface area contributed by atoms with Gasteiger partial charge in [-0.15, -0.1) is 0 Å². The standard InChI is InChI=1S/C16H33N3O2/c1-5-21-15(20)16(2,17)10-6-7-12-19(4)14-9-8-11-18(3)13-14/h14H,5-13,17H2,1-4H3. The van der Waals surface area contributed by atoms with Gasteiger partial charge in [0.1, 0.15) is 5.54 Å². The maximum Gasteiger partial charge on any atom is 0.325 e. The molecular weight excluding hydrogens is 266 g/mol. The summed E-state index contributed by atoms with van der Waals surface area (Å²) in [6.45, 7) is 7.42. The molecule has 0 spiro atoms. The summed E-state index contributed by atoms with van der Waals surface area (Å²) in [7, 11) is 4.40. The summed E-state index contributed by atoms with van der Waals surface area (Å²) < 4.78 is 5.01. The minimum absolute atomic E-state index is 0.285. The molecule has 1 heterocycles. The highest BCUT2D eigenvalue weighted by Gasteiger charge is 2.29. The largest absolute Gasteiger partial charge is 0.465 e. The number of likely N-dealkylation sites (tertiary alicyclic amines) is 1. The van der Waals surface area contributed by atoms with Crippen LogP contribution in [0.15, 0.2) is 0 Å². The second-order valence-corrected chi connectivity index (χ2v) is 6.63. The van der Waals surface area contributed by atoms with Crippen LogP contribution in [0.25, 0.3) is 0 Å². The SMILES string of the molecule is CCOC(=O)C(C)(N)CCCCN(C)C1CCCN(C)C1. The molecule has 1 fully saturated rings. The van der Waals surface area contributed by atoms with Crippen LogP contribution in [-0.2, 0) is 9.53 Å². The summed E-state index contributed by atoms with van der Waals surface area (Å²) in [5.74, 6) is -0.285. The minimum atomic E-state index is -0.848. The highest BCUT2D eigenvalue weighted by atomic mass is 16.5. The van der Waals surface area contributed by atoms with E-state index < -0.39 is 5.54 Å². The topological polar surface area (TPSA) is 58.8 Å². The maximum atomic E-state index is 11.7. The zero-order valence-corrected chi connectivity index (χ0v) is 14.2. The Morgan fingerprint density at radius 2 is 2.19 bits per heavy atom. The summed E-state index contributed by atoms with van der Waals surface area (Å²) in [5, 5.41) is 0. The van der Waals surface area contributed by atoms with Crippen LogP contribution in [0.5, 0.6) is 0 Å². The third-order valence-electron chi connectivity index (χ3n) is 4.42. The Kier molecular flexibility index (Phi) is 7.63. The molecule has 21 heavy (non-hydrogen) atoms. The molecule has 1 saturated heterocycles. The molecule has 5 heteroatoms. The number of likely N-dealkylation sites (N-methyl/N-ethyl adjacent to an activating group) is 2. The van der Waals surface area contributed by atoms with E-state index in [2.05, 4.69) is 23.9 Å². The van der Waals surface area contributed by atoms with Gasteiger partial charge in [-0.2, -0.15) is 0 Å². The van der Waals surface area contributed by atoms with Gasteiger partial charge in [0.2, 0.25) is 0 Å². The summed E-state index contributed by atoms with van der Waals surface area (Å²) in [5.41, 5.74) is 5.18. The van der Waals surface area contributed by atoms with E-state index in [-0.39, 0.29) is 5.97 Å². The van der Waals surface area contributed by atoms with Gasteiger partial charge in [-0.05, 0) is 73.1 Å². The Morgan fingerprint density at radius 3 is 2.81 bits per heavy atom. The van der Waals surface area contributed by atoms with E-state index in [0.717, 1.165) is 25.9 Å². The Morgan fingerprint density at radius 1 is 1.48 bits per heavy atom. The minimum Gasteiger partial charge on any atom is -0.465 e. The Bertz CT molecular complexity index is 321. The fourth-order valence-corrected chi connectivity index (χ4v) is 2.93. The number of nitrogens with two attached hydrogens (primary N) is 1. The molecule has 1 aliphatic rings. The number of hydrogen-bond acceptors (Lipinski definition) is 5. The molecule has 1 aliphatic heterocycles. The number of rotatable bonds is 8. The van der Waals surface area contributed by atoms with Crippen LogP contribution in [0.3, 0.4) is 0 Å². The molecule has 0 amide bonds. The number of ether oxygens (including phenoxy) is 1. The second kappa shape index (κ2) is 8.71. The van der Waals surface area contributed by atoms with Crippen molar-refractivity contribution in [3.63, 3.8) is 0 Å². The van der Waals surface area contributed by atoms with Crippen LogP contribution in [-0.4, -0.2) is 67.7 Å². The third-order valence-corrected chi connectivity index (χ3v) is 4.42. The first-order valence-electron chi connectivity index (χ1n) is 8.21. The average molecular weight is 299 g/mol. The van der Waals surface area contributed by atoms with Crippen molar-refractivity contribution < 1.29 is 9.53 Å². The van der Waals surface area contributed by atoms with Gasteiger partial charge < -0.3 is 20.3 Å². The number of carbonyl (C=O) groups is 1. The van der Waals surface area contributed by atoms with Crippen molar-refractivity contribution in [1.82, 2.24) is 9.80 Å². The second-order valence-electron chi connectivity index (χ2n) is 6.63. The van der Waals surface area contributed by atoms with E-state index >= 15 is 0 Å². The van der Waals surface area contributed by atoms with Gasteiger partial charge in [0, 0.05) is 12.6 Å². The van der Waals surface area contributed by atoms with Crippen molar-refractivity contribution in [2.75, 3.05) is 40.3 Å². The van der Waals surface area contributed by atoms with E-state index in [1.807, 2.05) is 6.92 Å². The lowest BCUT2D eigenvalue weighted by molar-refractivity contribution is -0.149. The Balaban J connectivity index is 2.22. The van der Waals surface area contributed by atoms with Crippen molar-refractivity contribution in [3.05, 3.63) is 0 Å². The molecular formula is C16H33N3O2. The molecule has 2 atom stereocenters. The van der Waals surface area contributed by atoms with Crippen LogP contribution >= 0.6 is 0 Å².